The van der Waals surface area contributed by atoms with Crippen LogP contribution in [0.25, 0.3) is 12.2 Å². The number of sulfone groups is 2. The molecule has 30 nitrogen and oxygen atoms in total. The smallest absolute Gasteiger partial charge is 0.368 e. The molecule has 0 spiro atoms. The van der Waals surface area contributed by atoms with Crippen molar-refractivity contribution in [2.75, 3.05) is 72.2 Å². The van der Waals surface area contributed by atoms with E-state index in [4.69, 9.17) is 9.11 Å². The van der Waals surface area contributed by atoms with Crippen molar-refractivity contribution in [3.63, 3.8) is 0 Å². The second-order valence-corrected chi connectivity index (χ2v) is 24.0. The van der Waals surface area contributed by atoms with Crippen LogP contribution in [0.5, 0.6) is 0 Å². The Labute approximate surface area is 436 Å². The largest absolute Gasteiger partial charge is 0.397 e. The Morgan fingerprint density at radius 1 is 0.553 bits per heavy atom. The highest BCUT2D eigenvalue weighted by atomic mass is 32.3. The number of hydrogen-bond donors (Lipinski definition) is 8. The third kappa shape index (κ3) is 18.3. The zero-order valence-corrected chi connectivity index (χ0v) is 44.3. The Morgan fingerprint density at radius 3 is 1.20 bits per heavy atom. The van der Waals surface area contributed by atoms with Crippen LogP contribution >= 0.6 is 0 Å². The lowest BCUT2D eigenvalue weighted by molar-refractivity contribution is 0.277. The zero-order valence-electron chi connectivity index (χ0n) is 39.4. The summed E-state index contributed by atoms with van der Waals surface area (Å²) in [6, 6.07) is 10.2. The van der Waals surface area contributed by atoms with Crippen molar-refractivity contribution in [3.05, 3.63) is 93.8 Å². The van der Waals surface area contributed by atoms with Gasteiger partial charge in [0.1, 0.15) is 44.9 Å². The average Bonchev–Trinajstić information content (AvgIpc) is 3.32. The number of pyridine rings is 2. The van der Waals surface area contributed by atoms with Gasteiger partial charge in [0, 0.05) is 48.1 Å². The number of azo groups is 2. The van der Waals surface area contributed by atoms with Crippen LogP contribution in [0, 0.1) is 36.5 Å². The number of aromatic nitrogens is 2. The lowest BCUT2D eigenvalue weighted by atomic mass is 10.1. The van der Waals surface area contributed by atoms with Crippen LogP contribution in [-0.4, -0.2) is 130 Å². The summed E-state index contributed by atoms with van der Waals surface area (Å²) in [6.45, 7) is 6.79. The Hall–Kier alpha value is -7.20. The minimum absolute atomic E-state index is 0.0779. The third-order valence-corrected chi connectivity index (χ3v) is 15.0. The van der Waals surface area contributed by atoms with Gasteiger partial charge in [-0.2, -0.15) is 54.4 Å². The SMILES string of the molecule is C=CS(=O)(=O)CCNc1nc(NCCOS(=O)(=O)O)c(N=Nc2ccc(/C=C/c3ccc(N=Nc4c(NCCOS(=O)(=O)O)nc(NCCS(=O)(=O)C=C)c(C#N)c4C)cc3S(=O)(=O)O)c(S(=O)(=O)O)c2)c(C)c1C#N. The van der Waals surface area contributed by atoms with E-state index in [-0.39, 0.29) is 106 Å². The molecule has 0 bridgehead atoms. The summed E-state index contributed by atoms with van der Waals surface area (Å²) in [5, 5.41) is 48.5. The van der Waals surface area contributed by atoms with Crippen LogP contribution in [0.2, 0.25) is 0 Å². The number of rotatable bonds is 28. The van der Waals surface area contributed by atoms with Crippen LogP contribution in [0.1, 0.15) is 33.4 Å². The van der Waals surface area contributed by atoms with Gasteiger partial charge >= 0.3 is 20.8 Å². The molecule has 408 valence electrons. The van der Waals surface area contributed by atoms with Crippen molar-refractivity contribution in [2.24, 2.45) is 20.5 Å². The van der Waals surface area contributed by atoms with Crippen molar-refractivity contribution >= 4 is 119 Å². The molecular formula is C40H44N12O18S6. The van der Waals surface area contributed by atoms with Gasteiger partial charge in [-0.05, 0) is 49.2 Å². The summed E-state index contributed by atoms with van der Waals surface area (Å²) >= 11 is 0. The minimum atomic E-state index is -5.11. The summed E-state index contributed by atoms with van der Waals surface area (Å²) in [7, 11) is -27.3. The van der Waals surface area contributed by atoms with Crippen LogP contribution in [-0.2, 0) is 69.1 Å². The van der Waals surface area contributed by atoms with Crippen molar-refractivity contribution < 1.29 is 77.1 Å². The topological polar surface area (TPSA) is 475 Å². The standard InChI is InChI=1S/C40H44N12O18S6/c1-5-71(53,54)19-15-45-37-31(23-41)25(3)35(39(47-37)43-13-17-69-75(63,64)65)51-49-29-11-9-27(33(21-29)73(57,58)59)7-8-28-10-12-30(22-34(28)74(60,61)62)50-52-36-26(4)32(24-42)38(46-16-20-72(55,56)6-2)48-40(36)44-14-18-70-76(66,67)68/h5-12,21-22H,1-2,13-20H2,3-4H3,(H2,43,45,47)(H2,44,46,48)(H,57,58,59)(H,60,61,62)(H,63,64,65)(H,66,67,68)/b8-7+,51-49?,52-50?. The van der Waals surface area contributed by atoms with E-state index in [1.165, 1.54) is 26.0 Å². The molecule has 2 aromatic carbocycles. The summed E-state index contributed by atoms with van der Waals surface area (Å²) in [5.41, 5.74) is -1.48. The van der Waals surface area contributed by atoms with Gasteiger partial charge in [-0.15, -0.1) is 10.2 Å². The molecule has 36 heteroatoms. The summed E-state index contributed by atoms with van der Waals surface area (Å²) in [5.74, 6) is -1.53. The predicted molar refractivity (Wildman–Crippen MR) is 274 cm³/mol. The van der Waals surface area contributed by atoms with Crippen molar-refractivity contribution in [2.45, 2.75) is 23.6 Å². The minimum Gasteiger partial charge on any atom is -0.368 e. The maximum absolute atomic E-state index is 12.7. The van der Waals surface area contributed by atoms with E-state index in [1.54, 1.807) is 0 Å². The Kier molecular flexibility index (Phi) is 20.6. The second-order valence-electron chi connectivity index (χ2n) is 14.9. The number of nitrogens with zero attached hydrogens (tertiary/aromatic N) is 8. The van der Waals surface area contributed by atoms with E-state index in [2.05, 4.69) is 73.2 Å². The van der Waals surface area contributed by atoms with E-state index in [0.29, 0.717) is 0 Å². The van der Waals surface area contributed by atoms with Crippen LogP contribution < -0.4 is 21.3 Å². The average molecular weight is 1170 g/mol. The third-order valence-electron chi connectivity index (χ3n) is 9.70. The summed E-state index contributed by atoms with van der Waals surface area (Å²) in [4.78, 5) is 6.94. The molecule has 76 heavy (non-hydrogen) atoms. The lowest BCUT2D eigenvalue weighted by Gasteiger charge is -2.15. The van der Waals surface area contributed by atoms with E-state index in [0.717, 1.165) is 47.2 Å². The predicted octanol–water partition coefficient (Wildman–Crippen LogP) is 4.73. The van der Waals surface area contributed by atoms with Crippen molar-refractivity contribution in [1.29, 1.82) is 10.5 Å². The van der Waals surface area contributed by atoms with Gasteiger partial charge in [-0.25, -0.2) is 35.2 Å². The fraction of sp³-hybridized carbons (Fsp3) is 0.250. The van der Waals surface area contributed by atoms with E-state index in [9.17, 15) is 70.1 Å². The molecule has 0 unspecified atom stereocenters. The summed E-state index contributed by atoms with van der Waals surface area (Å²) in [6.07, 6.45) is 2.10. The zero-order chi connectivity index (χ0) is 56.9. The molecule has 0 saturated heterocycles. The molecule has 4 aromatic rings. The van der Waals surface area contributed by atoms with Gasteiger partial charge in [0.25, 0.3) is 20.2 Å². The molecule has 0 amide bonds. The molecule has 0 aliphatic heterocycles. The van der Waals surface area contributed by atoms with Crippen molar-refractivity contribution in [3.8, 4) is 12.1 Å². The number of hydrogen-bond acceptors (Lipinski definition) is 26. The number of nitrogens with one attached hydrogen (secondary N) is 4. The normalized spacial score (nSPS) is 12.6. The number of benzene rings is 2. The molecule has 0 aliphatic rings. The van der Waals surface area contributed by atoms with Crippen LogP contribution in [0.4, 0.5) is 46.0 Å². The molecule has 0 aliphatic carbocycles. The second kappa shape index (κ2) is 25.6. The number of nitriles is 2. The molecule has 0 saturated carbocycles. The van der Waals surface area contributed by atoms with Gasteiger partial charge in [-0.3, -0.25) is 18.2 Å². The molecular weight excluding hydrogens is 1130 g/mol. The van der Waals surface area contributed by atoms with Crippen LogP contribution in [0.15, 0.2) is 90.6 Å². The van der Waals surface area contributed by atoms with E-state index in [1.807, 2.05) is 12.1 Å². The van der Waals surface area contributed by atoms with Gasteiger partial charge in [0.15, 0.2) is 31.3 Å². The Bertz CT molecular complexity index is 3560. The van der Waals surface area contributed by atoms with Gasteiger partial charge in [0.05, 0.1) is 47.2 Å². The van der Waals surface area contributed by atoms with E-state index < -0.39 is 95.2 Å². The molecule has 0 fully saturated rings. The lowest BCUT2D eigenvalue weighted by Crippen LogP contribution is -2.17. The molecule has 4 rings (SSSR count). The Morgan fingerprint density at radius 2 is 0.895 bits per heavy atom. The molecule has 2 heterocycles. The van der Waals surface area contributed by atoms with Gasteiger partial charge < -0.3 is 21.3 Å². The fourth-order valence-electron chi connectivity index (χ4n) is 6.12. The van der Waals surface area contributed by atoms with Gasteiger partial charge in [0.2, 0.25) is 0 Å². The highest BCUT2D eigenvalue weighted by Crippen LogP contribution is 2.37. The molecule has 2 aromatic heterocycles. The fourth-order valence-corrected chi connectivity index (χ4v) is 9.22. The van der Waals surface area contributed by atoms with Gasteiger partial charge in [-0.1, -0.05) is 37.4 Å². The molecule has 8 N–H and O–H groups in total. The number of anilines is 4. The summed E-state index contributed by atoms with van der Waals surface area (Å²) < 4.78 is 190. The van der Waals surface area contributed by atoms with Crippen molar-refractivity contribution in [1.82, 2.24) is 9.97 Å². The first-order valence-electron chi connectivity index (χ1n) is 20.9. The van der Waals surface area contributed by atoms with Crippen LogP contribution in [0.3, 0.4) is 0 Å². The first-order chi connectivity index (χ1) is 35.3. The first kappa shape index (κ1) is 61.3. The Balaban J connectivity index is 1.74. The quantitative estimate of drug-likeness (QED) is 0.0165. The molecule has 0 atom stereocenters. The monoisotopic (exact) mass is 1170 g/mol. The maximum atomic E-state index is 12.7. The highest BCUT2D eigenvalue weighted by Gasteiger charge is 2.22. The first-order valence-corrected chi connectivity index (χ1v) is 29.9. The maximum Gasteiger partial charge on any atom is 0.397 e. The molecule has 0 radical (unpaired) electrons. The van der Waals surface area contributed by atoms with E-state index >= 15 is 0 Å². The highest BCUT2D eigenvalue weighted by molar-refractivity contribution is 7.94.